The van der Waals surface area contributed by atoms with Gasteiger partial charge in [-0.05, 0) is 30.7 Å². The minimum absolute atomic E-state index is 0.0184. The number of alkyl halides is 2. The lowest BCUT2D eigenvalue weighted by molar-refractivity contribution is -0.130. The minimum atomic E-state index is -3.97. The van der Waals surface area contributed by atoms with Crippen LogP contribution in [0.5, 0.6) is 0 Å². The molecule has 1 amide bonds. The van der Waals surface area contributed by atoms with Crippen LogP contribution in [0.25, 0.3) is 0 Å². The van der Waals surface area contributed by atoms with Crippen molar-refractivity contribution < 1.29 is 26.4 Å². The smallest absolute Gasteiger partial charge is 0.252 e. The number of benzene rings is 2. The Labute approximate surface area is 196 Å². The lowest BCUT2D eigenvalue weighted by Gasteiger charge is -2.36. The zero-order valence-corrected chi connectivity index (χ0v) is 19.4. The fourth-order valence-corrected chi connectivity index (χ4v) is 4.85. The van der Waals surface area contributed by atoms with Gasteiger partial charge in [0.25, 0.3) is 5.92 Å². The van der Waals surface area contributed by atoms with E-state index in [9.17, 15) is 26.4 Å². The van der Waals surface area contributed by atoms with Crippen LogP contribution in [0.2, 0.25) is 5.02 Å². The molecule has 33 heavy (non-hydrogen) atoms. The van der Waals surface area contributed by atoms with Crippen LogP contribution in [0.3, 0.4) is 0 Å². The molecule has 0 aromatic heterocycles. The third kappa shape index (κ3) is 6.61. The van der Waals surface area contributed by atoms with Crippen LogP contribution < -0.4 is 15.4 Å². The van der Waals surface area contributed by atoms with E-state index in [1.165, 1.54) is 6.07 Å². The third-order valence-corrected chi connectivity index (χ3v) is 7.01. The van der Waals surface area contributed by atoms with Gasteiger partial charge in [0.15, 0.2) is 0 Å². The van der Waals surface area contributed by atoms with Crippen LogP contribution in [0, 0.1) is 5.82 Å². The first-order chi connectivity index (χ1) is 15.5. The Kier molecular flexibility index (Phi) is 7.92. The molecule has 0 spiro atoms. The summed E-state index contributed by atoms with van der Waals surface area (Å²) >= 11 is 6.25. The van der Waals surface area contributed by atoms with Crippen molar-refractivity contribution in [1.29, 1.82) is 0 Å². The van der Waals surface area contributed by atoms with Crippen molar-refractivity contribution in [3.8, 4) is 0 Å². The summed E-state index contributed by atoms with van der Waals surface area (Å²) in [6.45, 7) is 2.11. The van der Waals surface area contributed by atoms with Crippen LogP contribution in [0.4, 0.5) is 18.9 Å². The third-order valence-electron chi connectivity index (χ3n) is 5.23. The zero-order chi connectivity index (χ0) is 24.2. The molecule has 0 aliphatic heterocycles. The Bertz CT molecular complexity index is 1110. The molecule has 180 valence electrons. The molecule has 0 heterocycles. The van der Waals surface area contributed by atoms with E-state index >= 15 is 0 Å². The number of hydrogen-bond donors (Lipinski definition) is 3. The molecule has 11 heteroatoms. The molecule has 0 radical (unpaired) electrons. The van der Waals surface area contributed by atoms with Gasteiger partial charge in [0.2, 0.25) is 15.9 Å². The van der Waals surface area contributed by atoms with E-state index in [0.717, 1.165) is 18.6 Å². The molecule has 2 aromatic rings. The van der Waals surface area contributed by atoms with Gasteiger partial charge in [0.1, 0.15) is 11.9 Å². The summed E-state index contributed by atoms with van der Waals surface area (Å²) in [5.41, 5.74) is 0.349. The lowest BCUT2D eigenvalue weighted by Crippen LogP contribution is -2.52. The predicted molar refractivity (Wildman–Crippen MR) is 120 cm³/mol. The zero-order valence-electron chi connectivity index (χ0n) is 17.9. The molecule has 1 aliphatic rings. The summed E-state index contributed by atoms with van der Waals surface area (Å²) < 4.78 is 68.1. The van der Waals surface area contributed by atoms with Crippen molar-refractivity contribution in [3.05, 3.63) is 58.9 Å². The maximum absolute atomic E-state index is 14.3. The average Bonchev–Trinajstić information content (AvgIpc) is 2.71. The molecule has 0 saturated heterocycles. The van der Waals surface area contributed by atoms with E-state index in [0.29, 0.717) is 12.0 Å². The number of carbonyl (C=O) groups excluding carboxylic acids is 1. The molecular weight excluding hydrogens is 479 g/mol. The highest BCUT2D eigenvalue weighted by atomic mass is 35.5. The van der Waals surface area contributed by atoms with Crippen molar-refractivity contribution in [3.63, 3.8) is 0 Å². The molecule has 0 bridgehead atoms. The fraction of sp³-hybridized carbons (Fsp3) is 0.409. The monoisotopic (exact) mass is 503 g/mol. The highest BCUT2D eigenvalue weighted by Gasteiger charge is 2.46. The van der Waals surface area contributed by atoms with Gasteiger partial charge in [-0.15, -0.1) is 0 Å². The topological polar surface area (TPSA) is 87.3 Å². The van der Waals surface area contributed by atoms with Crippen molar-refractivity contribution >= 4 is 33.2 Å². The van der Waals surface area contributed by atoms with Crippen molar-refractivity contribution in [2.75, 3.05) is 11.9 Å². The fourth-order valence-electron chi connectivity index (χ4n) is 3.48. The quantitative estimate of drug-likeness (QED) is 0.413. The molecule has 1 fully saturated rings. The van der Waals surface area contributed by atoms with E-state index in [1.807, 2.05) is 6.92 Å². The number of rotatable bonds is 10. The molecule has 3 rings (SSSR count). The van der Waals surface area contributed by atoms with E-state index in [1.54, 1.807) is 24.3 Å². The molecule has 1 aliphatic carbocycles. The van der Waals surface area contributed by atoms with Gasteiger partial charge in [0.05, 0.1) is 4.90 Å². The maximum Gasteiger partial charge on any atom is 0.252 e. The van der Waals surface area contributed by atoms with Gasteiger partial charge in [-0.1, -0.05) is 43.1 Å². The number of halogens is 4. The number of sulfonamides is 1. The Morgan fingerprint density at radius 2 is 1.91 bits per heavy atom. The van der Waals surface area contributed by atoms with Gasteiger partial charge in [-0.3, -0.25) is 4.79 Å². The van der Waals surface area contributed by atoms with E-state index in [-0.39, 0.29) is 22.2 Å². The highest BCUT2D eigenvalue weighted by molar-refractivity contribution is 7.89. The number of nitrogens with one attached hydrogen (secondary N) is 3. The second kappa shape index (κ2) is 10.3. The summed E-state index contributed by atoms with van der Waals surface area (Å²) in [5, 5.41) is 5.59. The van der Waals surface area contributed by atoms with E-state index in [2.05, 4.69) is 15.4 Å². The largest absolute Gasteiger partial charge is 0.370 e. The minimum Gasteiger partial charge on any atom is -0.370 e. The van der Waals surface area contributed by atoms with E-state index in [4.69, 9.17) is 11.6 Å². The first-order valence-electron chi connectivity index (χ1n) is 10.5. The standard InChI is InChI=1S/C22H25ClF3N3O3S/c1-2-3-8-27-33(31,32)17-10-14(24)9-15(11-17)28-20(18-6-4-5-7-19(18)23)21(30)29-16-12-22(25,26)13-16/h4-7,9-11,16,20,27-28H,2-3,8,12-13H2,1H3,(H,29,30). The Hall–Kier alpha value is -2.30. The first kappa shape index (κ1) is 25.3. The predicted octanol–water partition coefficient (Wildman–Crippen LogP) is 4.62. The van der Waals surface area contributed by atoms with Gasteiger partial charge in [0, 0.05) is 41.7 Å². The molecular formula is C22H25ClF3N3O3S. The summed E-state index contributed by atoms with van der Waals surface area (Å²) in [4.78, 5) is 12.6. The molecule has 1 saturated carbocycles. The number of anilines is 1. The Morgan fingerprint density at radius 1 is 1.21 bits per heavy atom. The van der Waals surface area contributed by atoms with Gasteiger partial charge in [-0.25, -0.2) is 26.3 Å². The normalized spacial score (nSPS) is 16.6. The summed E-state index contributed by atoms with van der Waals surface area (Å²) in [6.07, 6.45) is 0.453. The molecule has 1 atom stereocenters. The number of carbonyl (C=O) groups is 1. The van der Waals surface area contributed by atoms with Gasteiger partial charge < -0.3 is 10.6 Å². The molecule has 2 aromatic carbocycles. The highest BCUT2D eigenvalue weighted by Crippen LogP contribution is 2.38. The molecule has 1 unspecified atom stereocenters. The van der Waals surface area contributed by atoms with Crippen LogP contribution in [0.15, 0.2) is 47.4 Å². The average molecular weight is 504 g/mol. The second-order valence-corrected chi connectivity index (χ2v) is 10.2. The molecule has 6 nitrogen and oxygen atoms in total. The second-order valence-electron chi connectivity index (χ2n) is 8.00. The van der Waals surface area contributed by atoms with Crippen LogP contribution in [-0.2, 0) is 14.8 Å². The van der Waals surface area contributed by atoms with Crippen molar-refractivity contribution in [2.24, 2.45) is 0 Å². The van der Waals surface area contributed by atoms with Crippen molar-refractivity contribution in [1.82, 2.24) is 10.0 Å². The molecule has 3 N–H and O–H groups in total. The summed E-state index contributed by atoms with van der Waals surface area (Å²) in [5.74, 6) is -4.28. The maximum atomic E-state index is 14.3. The van der Waals surface area contributed by atoms with Crippen molar-refractivity contribution in [2.45, 2.75) is 55.5 Å². The van der Waals surface area contributed by atoms with Crippen LogP contribution in [-0.4, -0.2) is 32.8 Å². The number of unbranched alkanes of at least 4 members (excludes halogenated alkanes) is 1. The van der Waals surface area contributed by atoms with Gasteiger partial charge in [-0.2, -0.15) is 0 Å². The van der Waals surface area contributed by atoms with Gasteiger partial charge >= 0.3 is 0 Å². The lowest BCUT2D eigenvalue weighted by atomic mass is 9.88. The van der Waals surface area contributed by atoms with Crippen LogP contribution in [0.1, 0.15) is 44.2 Å². The Morgan fingerprint density at radius 3 is 2.55 bits per heavy atom. The van der Waals surface area contributed by atoms with E-state index < -0.39 is 52.6 Å². The number of amides is 1. The number of hydrogen-bond acceptors (Lipinski definition) is 4. The van der Waals surface area contributed by atoms with Crippen LogP contribution >= 0.6 is 11.6 Å². The summed E-state index contributed by atoms with van der Waals surface area (Å²) in [6, 6.07) is 7.66. The summed E-state index contributed by atoms with van der Waals surface area (Å²) in [7, 11) is -3.97. The first-order valence-corrected chi connectivity index (χ1v) is 12.4. The Balaban J connectivity index is 1.87. The SMILES string of the molecule is CCCCNS(=O)(=O)c1cc(F)cc(NC(C(=O)NC2CC(F)(F)C2)c2ccccc2Cl)c1.